The van der Waals surface area contributed by atoms with E-state index in [1.54, 1.807) is 13.1 Å². The predicted octanol–water partition coefficient (Wildman–Crippen LogP) is 1.92. The van der Waals surface area contributed by atoms with Crippen molar-refractivity contribution in [3.8, 4) is 0 Å². The quantitative estimate of drug-likeness (QED) is 0.903. The number of carbonyl (C=O) groups excluding carboxylic acids is 1. The van der Waals surface area contributed by atoms with Crippen molar-refractivity contribution in [1.29, 1.82) is 0 Å². The highest BCUT2D eigenvalue weighted by molar-refractivity contribution is 5.91. The minimum Gasteiger partial charge on any atom is -0.381 e. The number of carbonyl (C=O) groups is 1. The zero-order chi connectivity index (χ0) is 16.1. The van der Waals surface area contributed by atoms with E-state index in [0.717, 1.165) is 37.4 Å². The van der Waals surface area contributed by atoms with Crippen molar-refractivity contribution in [2.45, 2.75) is 18.9 Å². The van der Waals surface area contributed by atoms with Gasteiger partial charge in [-0.15, -0.1) is 10.2 Å². The van der Waals surface area contributed by atoms with Gasteiger partial charge in [-0.2, -0.15) is 0 Å². The van der Waals surface area contributed by atoms with Gasteiger partial charge in [0.1, 0.15) is 0 Å². The van der Waals surface area contributed by atoms with Crippen LogP contribution in [0.3, 0.4) is 0 Å². The first kappa shape index (κ1) is 15.3. The highest BCUT2D eigenvalue weighted by atomic mass is 16.1. The summed E-state index contributed by atoms with van der Waals surface area (Å²) in [6.07, 6.45) is 2.23. The van der Waals surface area contributed by atoms with Crippen LogP contribution >= 0.6 is 0 Å². The van der Waals surface area contributed by atoms with Crippen LogP contribution in [0.15, 0.2) is 42.5 Å². The molecule has 1 aromatic carbocycles. The molecule has 1 atom stereocenters. The number of hydrogen-bond acceptors (Lipinski definition) is 5. The van der Waals surface area contributed by atoms with Gasteiger partial charge in [0.2, 0.25) is 0 Å². The first-order valence-corrected chi connectivity index (χ1v) is 7.88. The molecule has 120 valence electrons. The highest BCUT2D eigenvalue weighted by Crippen LogP contribution is 2.20. The average Bonchev–Trinajstić information content (AvgIpc) is 2.62. The van der Waals surface area contributed by atoms with Gasteiger partial charge in [0.25, 0.3) is 5.91 Å². The van der Waals surface area contributed by atoms with E-state index in [0.29, 0.717) is 11.7 Å². The van der Waals surface area contributed by atoms with E-state index in [4.69, 9.17) is 0 Å². The summed E-state index contributed by atoms with van der Waals surface area (Å²) in [4.78, 5) is 13.7. The summed E-state index contributed by atoms with van der Waals surface area (Å²) in [7, 11) is 1.59. The van der Waals surface area contributed by atoms with Crippen molar-refractivity contribution in [3.63, 3.8) is 0 Å². The highest BCUT2D eigenvalue weighted by Gasteiger charge is 2.21. The monoisotopic (exact) mass is 311 g/mol. The summed E-state index contributed by atoms with van der Waals surface area (Å²) < 4.78 is 0. The molecule has 23 heavy (non-hydrogen) atoms. The molecule has 6 heteroatoms. The molecule has 0 bridgehead atoms. The maximum Gasteiger partial charge on any atom is 0.271 e. The molecule has 2 aromatic rings. The Bertz CT molecular complexity index is 644. The second kappa shape index (κ2) is 7.09. The van der Waals surface area contributed by atoms with Crippen LogP contribution in [0.5, 0.6) is 0 Å². The number of nitrogens with one attached hydrogen (secondary N) is 2. The van der Waals surface area contributed by atoms with Gasteiger partial charge in [-0.05, 0) is 37.1 Å². The molecule has 3 rings (SSSR count). The Hall–Kier alpha value is -2.63. The Balaban J connectivity index is 1.65. The van der Waals surface area contributed by atoms with Crippen LogP contribution < -0.4 is 15.5 Å². The lowest BCUT2D eigenvalue weighted by molar-refractivity contribution is 0.0957. The first-order chi connectivity index (χ1) is 11.3. The largest absolute Gasteiger partial charge is 0.381 e. The van der Waals surface area contributed by atoms with Crippen LogP contribution in [0.25, 0.3) is 0 Å². The van der Waals surface area contributed by atoms with E-state index in [1.165, 1.54) is 0 Å². The molecule has 0 spiro atoms. The number of aromatic nitrogens is 2. The Morgan fingerprint density at radius 2 is 2.00 bits per heavy atom. The van der Waals surface area contributed by atoms with Gasteiger partial charge in [0.15, 0.2) is 11.5 Å². The molecular formula is C17H21N5O. The molecule has 1 amide bonds. The molecule has 2 N–H and O–H groups in total. The van der Waals surface area contributed by atoms with Crippen LogP contribution in [0.2, 0.25) is 0 Å². The van der Waals surface area contributed by atoms with Crippen LogP contribution in [0.4, 0.5) is 11.5 Å². The van der Waals surface area contributed by atoms with Crippen molar-refractivity contribution in [2.75, 3.05) is 30.4 Å². The predicted molar refractivity (Wildman–Crippen MR) is 90.7 cm³/mol. The molecule has 0 saturated carbocycles. The molecule has 0 unspecified atom stereocenters. The summed E-state index contributed by atoms with van der Waals surface area (Å²) in [5.74, 6) is 0.600. The summed E-state index contributed by atoms with van der Waals surface area (Å²) >= 11 is 0. The van der Waals surface area contributed by atoms with Gasteiger partial charge in [0, 0.05) is 31.9 Å². The third-order valence-corrected chi connectivity index (χ3v) is 4.00. The molecule has 2 heterocycles. The molecule has 1 fully saturated rings. The Morgan fingerprint density at radius 1 is 1.17 bits per heavy atom. The molecule has 1 saturated heterocycles. The van der Waals surface area contributed by atoms with Crippen LogP contribution in [-0.4, -0.2) is 42.3 Å². The minimum atomic E-state index is -0.216. The van der Waals surface area contributed by atoms with Gasteiger partial charge in [-0.25, -0.2) is 0 Å². The van der Waals surface area contributed by atoms with Crippen molar-refractivity contribution in [2.24, 2.45) is 0 Å². The van der Waals surface area contributed by atoms with E-state index in [1.807, 2.05) is 24.3 Å². The zero-order valence-corrected chi connectivity index (χ0v) is 13.2. The zero-order valence-electron chi connectivity index (χ0n) is 13.2. The topological polar surface area (TPSA) is 70.2 Å². The molecule has 1 aromatic heterocycles. The molecule has 1 aliphatic rings. The maximum atomic E-state index is 11.5. The average molecular weight is 311 g/mol. The maximum absolute atomic E-state index is 11.5. The van der Waals surface area contributed by atoms with Gasteiger partial charge >= 0.3 is 0 Å². The van der Waals surface area contributed by atoms with Crippen molar-refractivity contribution < 1.29 is 4.79 Å². The number of benzene rings is 1. The van der Waals surface area contributed by atoms with E-state index in [9.17, 15) is 4.79 Å². The van der Waals surface area contributed by atoms with Crippen molar-refractivity contribution in [1.82, 2.24) is 15.5 Å². The van der Waals surface area contributed by atoms with E-state index in [-0.39, 0.29) is 5.91 Å². The van der Waals surface area contributed by atoms with Gasteiger partial charge in [-0.1, -0.05) is 18.2 Å². The Kier molecular flexibility index (Phi) is 4.71. The van der Waals surface area contributed by atoms with Crippen LogP contribution in [0, 0.1) is 0 Å². The Morgan fingerprint density at radius 3 is 2.70 bits per heavy atom. The number of anilines is 2. The van der Waals surface area contributed by atoms with Crippen molar-refractivity contribution >= 4 is 17.4 Å². The van der Waals surface area contributed by atoms with Gasteiger partial charge < -0.3 is 15.5 Å². The normalized spacial score (nSPS) is 17.6. The summed E-state index contributed by atoms with van der Waals surface area (Å²) in [6, 6.07) is 14.2. The molecule has 0 aliphatic carbocycles. The lowest BCUT2D eigenvalue weighted by Crippen LogP contribution is -2.42. The number of rotatable bonds is 4. The Labute approximate surface area is 135 Å². The first-order valence-electron chi connectivity index (χ1n) is 7.88. The second-order valence-electron chi connectivity index (χ2n) is 5.65. The molecule has 6 nitrogen and oxygen atoms in total. The number of para-hydroxylation sites is 1. The number of hydrogen-bond donors (Lipinski definition) is 2. The third kappa shape index (κ3) is 3.77. The lowest BCUT2D eigenvalue weighted by atomic mass is 10.1. The number of nitrogens with zero attached hydrogens (tertiary/aromatic N) is 3. The third-order valence-electron chi connectivity index (χ3n) is 4.00. The summed E-state index contributed by atoms with van der Waals surface area (Å²) in [5, 5.41) is 14.3. The van der Waals surface area contributed by atoms with Crippen molar-refractivity contribution in [3.05, 3.63) is 48.2 Å². The van der Waals surface area contributed by atoms with Gasteiger partial charge in [-0.3, -0.25) is 4.79 Å². The standard InChI is InChI=1S/C17H21N5O/c1-18-17(23)15-9-10-16(21-20-15)22-11-5-8-14(12-22)19-13-6-3-2-4-7-13/h2-4,6-7,9-10,14,19H,5,8,11-12H2,1H3,(H,18,23)/t14-/m0/s1. The van der Waals surface area contributed by atoms with E-state index < -0.39 is 0 Å². The fourth-order valence-corrected chi connectivity index (χ4v) is 2.82. The molecule has 0 radical (unpaired) electrons. The SMILES string of the molecule is CNC(=O)c1ccc(N2CCC[C@H](Nc3ccccc3)C2)nn1. The van der Waals surface area contributed by atoms with Gasteiger partial charge in [0.05, 0.1) is 0 Å². The van der Waals surface area contributed by atoms with E-state index >= 15 is 0 Å². The summed E-state index contributed by atoms with van der Waals surface area (Å²) in [6.45, 7) is 1.84. The fraction of sp³-hybridized carbons (Fsp3) is 0.353. The lowest BCUT2D eigenvalue weighted by Gasteiger charge is -2.34. The summed E-state index contributed by atoms with van der Waals surface area (Å²) in [5.41, 5.74) is 1.48. The smallest absolute Gasteiger partial charge is 0.271 e. The fourth-order valence-electron chi connectivity index (χ4n) is 2.82. The minimum absolute atomic E-state index is 0.216. The number of amides is 1. The molecular weight excluding hydrogens is 290 g/mol. The molecule has 1 aliphatic heterocycles. The van der Waals surface area contributed by atoms with E-state index in [2.05, 4.69) is 37.9 Å². The van der Waals surface area contributed by atoms with Crippen LogP contribution in [-0.2, 0) is 0 Å². The van der Waals surface area contributed by atoms with Crippen LogP contribution in [0.1, 0.15) is 23.3 Å². The second-order valence-corrected chi connectivity index (χ2v) is 5.65. The number of piperidine rings is 1.